The van der Waals surface area contributed by atoms with E-state index < -0.39 is 5.97 Å². The Bertz CT molecular complexity index is 437. The molecule has 100 valence electrons. The van der Waals surface area contributed by atoms with Crippen molar-refractivity contribution in [1.82, 2.24) is 9.78 Å². The van der Waals surface area contributed by atoms with Gasteiger partial charge in [-0.05, 0) is 0 Å². The number of rotatable bonds is 5. The van der Waals surface area contributed by atoms with Crippen LogP contribution in [0.3, 0.4) is 0 Å². The maximum absolute atomic E-state index is 11.6. The summed E-state index contributed by atoms with van der Waals surface area (Å²) in [5.74, 6) is -0.739. The van der Waals surface area contributed by atoms with E-state index in [0.717, 1.165) is 0 Å². The maximum Gasteiger partial charge on any atom is 0.325 e. The van der Waals surface area contributed by atoms with Gasteiger partial charge in [0, 0.05) is 10.9 Å². The summed E-state index contributed by atoms with van der Waals surface area (Å²) in [7, 11) is 0. The van der Waals surface area contributed by atoms with E-state index in [9.17, 15) is 9.59 Å². The minimum absolute atomic E-state index is 0.0326. The molecule has 1 aromatic rings. The zero-order valence-corrected chi connectivity index (χ0v) is 11.5. The minimum atomic E-state index is -0.973. The number of thioether (sulfide) groups is 1. The number of aliphatic carboxylic acids is 1. The molecule has 0 fully saturated rings. The second-order valence-electron chi connectivity index (χ2n) is 4.77. The van der Waals surface area contributed by atoms with Gasteiger partial charge in [0.1, 0.15) is 6.54 Å². The first-order valence-corrected chi connectivity index (χ1v) is 6.43. The number of anilines is 1. The molecule has 1 heterocycles. The van der Waals surface area contributed by atoms with E-state index in [1.54, 1.807) is 11.8 Å². The van der Waals surface area contributed by atoms with E-state index in [4.69, 9.17) is 5.11 Å². The predicted octanol–water partition coefficient (Wildman–Crippen LogP) is 1.44. The summed E-state index contributed by atoms with van der Waals surface area (Å²) >= 11 is 1.55. The Kier molecular flexibility index (Phi) is 4.77. The third-order valence-electron chi connectivity index (χ3n) is 1.85. The predicted molar refractivity (Wildman–Crippen MR) is 70.7 cm³/mol. The van der Waals surface area contributed by atoms with Gasteiger partial charge >= 0.3 is 5.97 Å². The molecule has 2 N–H and O–H groups in total. The standard InChI is InChI=1S/C11H17N3O3S/c1-11(2,3)18-7-9(15)13-8-4-12-14(5-8)6-10(16)17/h4-5H,6-7H2,1-3H3,(H,13,15)(H,16,17). The quantitative estimate of drug-likeness (QED) is 0.846. The number of carbonyl (C=O) groups excluding carboxylic acids is 1. The van der Waals surface area contributed by atoms with E-state index in [0.29, 0.717) is 11.4 Å². The van der Waals surface area contributed by atoms with E-state index in [1.165, 1.54) is 17.1 Å². The Morgan fingerprint density at radius 2 is 2.17 bits per heavy atom. The van der Waals surface area contributed by atoms with Crippen LogP contribution in [0.5, 0.6) is 0 Å². The number of carboxylic acids is 1. The van der Waals surface area contributed by atoms with Crippen LogP contribution in [-0.2, 0) is 16.1 Å². The van der Waals surface area contributed by atoms with Crippen LogP contribution in [0.25, 0.3) is 0 Å². The van der Waals surface area contributed by atoms with Crippen LogP contribution in [0.15, 0.2) is 12.4 Å². The fourth-order valence-corrected chi connectivity index (χ4v) is 1.77. The van der Waals surface area contributed by atoms with E-state index >= 15 is 0 Å². The maximum atomic E-state index is 11.6. The summed E-state index contributed by atoms with van der Waals surface area (Å²) in [4.78, 5) is 22.1. The molecule has 0 aliphatic heterocycles. The van der Waals surface area contributed by atoms with Gasteiger partial charge in [-0.2, -0.15) is 5.10 Å². The lowest BCUT2D eigenvalue weighted by atomic mass is 10.3. The molecule has 7 heteroatoms. The molecular formula is C11H17N3O3S. The largest absolute Gasteiger partial charge is 0.480 e. The molecule has 0 unspecified atom stereocenters. The fourth-order valence-electron chi connectivity index (χ4n) is 1.13. The number of carbonyl (C=O) groups is 2. The first kappa shape index (κ1) is 14.6. The van der Waals surface area contributed by atoms with Crippen molar-refractivity contribution in [2.45, 2.75) is 32.1 Å². The van der Waals surface area contributed by atoms with Crippen molar-refractivity contribution in [3.8, 4) is 0 Å². The van der Waals surface area contributed by atoms with Gasteiger partial charge in [-0.1, -0.05) is 20.8 Å². The molecule has 0 bridgehead atoms. The van der Waals surface area contributed by atoms with Crippen molar-refractivity contribution in [2.24, 2.45) is 0 Å². The highest BCUT2D eigenvalue weighted by atomic mass is 32.2. The van der Waals surface area contributed by atoms with Gasteiger partial charge in [0.25, 0.3) is 0 Å². The van der Waals surface area contributed by atoms with Crippen LogP contribution in [-0.4, -0.2) is 37.3 Å². The van der Waals surface area contributed by atoms with Gasteiger partial charge in [-0.15, -0.1) is 11.8 Å². The molecule has 0 aliphatic carbocycles. The van der Waals surface area contributed by atoms with Gasteiger partial charge in [0.05, 0.1) is 17.6 Å². The first-order chi connectivity index (χ1) is 8.26. The number of aromatic nitrogens is 2. The molecule has 0 spiro atoms. The lowest BCUT2D eigenvalue weighted by Crippen LogP contribution is -2.18. The third-order valence-corrected chi connectivity index (χ3v) is 3.12. The molecule has 1 aromatic heterocycles. The average Bonchev–Trinajstić information content (AvgIpc) is 2.60. The molecule has 0 atom stereocenters. The highest BCUT2D eigenvalue weighted by molar-refractivity contribution is 8.01. The molecule has 1 rings (SSSR count). The average molecular weight is 271 g/mol. The summed E-state index contributed by atoms with van der Waals surface area (Å²) in [5, 5.41) is 15.1. The van der Waals surface area contributed by atoms with E-state index in [2.05, 4.69) is 10.4 Å². The molecule has 0 saturated carbocycles. The van der Waals surface area contributed by atoms with Crippen molar-refractivity contribution >= 4 is 29.3 Å². The van der Waals surface area contributed by atoms with Crippen LogP contribution in [0.4, 0.5) is 5.69 Å². The Labute approximate surface area is 110 Å². The Morgan fingerprint density at radius 3 is 2.72 bits per heavy atom. The second kappa shape index (κ2) is 5.90. The van der Waals surface area contributed by atoms with Crippen molar-refractivity contribution in [1.29, 1.82) is 0 Å². The fraction of sp³-hybridized carbons (Fsp3) is 0.545. The van der Waals surface area contributed by atoms with Crippen LogP contribution < -0.4 is 5.32 Å². The van der Waals surface area contributed by atoms with E-state index in [1.807, 2.05) is 20.8 Å². The topological polar surface area (TPSA) is 84.2 Å². The molecule has 18 heavy (non-hydrogen) atoms. The van der Waals surface area contributed by atoms with Crippen molar-refractivity contribution in [2.75, 3.05) is 11.1 Å². The summed E-state index contributed by atoms with van der Waals surface area (Å²) in [5.41, 5.74) is 0.510. The number of hydrogen-bond acceptors (Lipinski definition) is 4. The molecule has 0 aromatic carbocycles. The Balaban J connectivity index is 2.45. The minimum Gasteiger partial charge on any atom is -0.480 e. The van der Waals surface area contributed by atoms with Gasteiger partial charge in [0.15, 0.2) is 0 Å². The lowest BCUT2D eigenvalue weighted by Gasteiger charge is -2.16. The van der Waals surface area contributed by atoms with Crippen molar-refractivity contribution < 1.29 is 14.7 Å². The SMILES string of the molecule is CC(C)(C)SCC(=O)Nc1cnn(CC(=O)O)c1. The summed E-state index contributed by atoms with van der Waals surface area (Å²) in [6, 6.07) is 0. The molecule has 1 amide bonds. The third kappa shape index (κ3) is 5.72. The molecular weight excluding hydrogens is 254 g/mol. The molecule has 0 saturated heterocycles. The molecule has 6 nitrogen and oxygen atoms in total. The van der Waals surface area contributed by atoms with Gasteiger partial charge < -0.3 is 10.4 Å². The smallest absolute Gasteiger partial charge is 0.325 e. The summed E-state index contributed by atoms with van der Waals surface area (Å²) < 4.78 is 1.29. The van der Waals surface area contributed by atoms with Crippen LogP contribution in [0.1, 0.15) is 20.8 Å². The van der Waals surface area contributed by atoms with Crippen molar-refractivity contribution in [3.05, 3.63) is 12.4 Å². The Hall–Kier alpha value is -1.50. The van der Waals surface area contributed by atoms with Gasteiger partial charge in [0.2, 0.25) is 5.91 Å². The number of nitrogens with zero attached hydrogens (tertiary/aromatic N) is 2. The number of carboxylic acid groups (broad SMARTS) is 1. The van der Waals surface area contributed by atoms with Crippen LogP contribution in [0, 0.1) is 0 Å². The summed E-state index contributed by atoms with van der Waals surface area (Å²) in [6.45, 7) is 5.90. The van der Waals surface area contributed by atoms with Crippen LogP contribution >= 0.6 is 11.8 Å². The molecule has 0 radical (unpaired) electrons. The normalized spacial score (nSPS) is 11.3. The monoisotopic (exact) mass is 271 g/mol. The van der Waals surface area contributed by atoms with E-state index in [-0.39, 0.29) is 17.2 Å². The first-order valence-electron chi connectivity index (χ1n) is 5.44. The second-order valence-corrected chi connectivity index (χ2v) is 6.57. The zero-order chi connectivity index (χ0) is 13.8. The van der Waals surface area contributed by atoms with Crippen LogP contribution in [0.2, 0.25) is 0 Å². The lowest BCUT2D eigenvalue weighted by molar-refractivity contribution is -0.137. The van der Waals surface area contributed by atoms with Gasteiger partial charge in [-0.25, -0.2) is 0 Å². The van der Waals surface area contributed by atoms with Crippen molar-refractivity contribution in [3.63, 3.8) is 0 Å². The number of hydrogen-bond donors (Lipinski definition) is 2. The number of amides is 1. The molecule has 0 aliphatic rings. The number of nitrogens with one attached hydrogen (secondary N) is 1. The van der Waals surface area contributed by atoms with Gasteiger partial charge in [-0.3, -0.25) is 14.3 Å². The highest BCUT2D eigenvalue weighted by Crippen LogP contribution is 2.22. The highest BCUT2D eigenvalue weighted by Gasteiger charge is 2.14. The Morgan fingerprint density at radius 1 is 1.50 bits per heavy atom. The zero-order valence-electron chi connectivity index (χ0n) is 10.6. The summed E-state index contributed by atoms with van der Waals surface area (Å²) in [6.07, 6.45) is 2.93.